The summed E-state index contributed by atoms with van der Waals surface area (Å²) < 4.78 is 13.2. The van der Waals surface area contributed by atoms with Gasteiger partial charge in [-0.3, -0.25) is 4.90 Å². The van der Waals surface area contributed by atoms with E-state index in [0.717, 1.165) is 44.6 Å². The molecule has 1 heterocycles. The number of benzene rings is 1. The zero-order valence-corrected chi connectivity index (χ0v) is 12.9. The van der Waals surface area contributed by atoms with Crippen LogP contribution in [0, 0.1) is 11.7 Å². The Morgan fingerprint density at radius 2 is 1.84 bits per heavy atom. The van der Waals surface area contributed by atoms with Crippen LogP contribution in [-0.4, -0.2) is 24.5 Å². The molecule has 0 unspecified atom stereocenters. The lowest BCUT2D eigenvalue weighted by Crippen LogP contribution is -2.35. The number of rotatable bonds is 3. The standard InChI is InChI=1S/C13H17Cl2FN2.ClH/c14-12-10(1-2-11(16)13(12)15)8-18-5-3-9(7-17)4-6-18;/h1-2,9H,3-8,17H2;1H. The van der Waals surface area contributed by atoms with Crippen molar-refractivity contribution in [1.29, 1.82) is 0 Å². The van der Waals surface area contributed by atoms with Crippen molar-refractivity contribution in [3.8, 4) is 0 Å². The van der Waals surface area contributed by atoms with Crippen molar-refractivity contribution in [2.75, 3.05) is 19.6 Å². The van der Waals surface area contributed by atoms with Gasteiger partial charge in [-0.1, -0.05) is 29.3 Å². The fraction of sp³-hybridized carbons (Fsp3) is 0.538. The molecule has 1 aliphatic heterocycles. The predicted molar refractivity (Wildman–Crippen MR) is 80.7 cm³/mol. The first kappa shape index (κ1) is 17.0. The minimum atomic E-state index is -0.466. The molecule has 0 amide bonds. The van der Waals surface area contributed by atoms with Gasteiger partial charge in [-0.05, 0) is 50.0 Å². The molecule has 1 aliphatic rings. The van der Waals surface area contributed by atoms with Crippen LogP contribution in [0.1, 0.15) is 18.4 Å². The number of likely N-dealkylation sites (tertiary alicyclic amines) is 1. The van der Waals surface area contributed by atoms with Crippen molar-refractivity contribution < 1.29 is 4.39 Å². The maximum absolute atomic E-state index is 13.2. The quantitative estimate of drug-likeness (QED) is 0.857. The SMILES string of the molecule is Cl.NCC1CCN(Cc2ccc(F)c(Cl)c2Cl)CC1. The van der Waals surface area contributed by atoms with Crippen LogP contribution in [0.5, 0.6) is 0 Å². The molecule has 0 radical (unpaired) electrons. The van der Waals surface area contributed by atoms with Crippen LogP contribution in [0.3, 0.4) is 0 Å². The molecule has 0 bridgehead atoms. The van der Waals surface area contributed by atoms with Gasteiger partial charge in [0.25, 0.3) is 0 Å². The molecule has 0 aromatic heterocycles. The molecule has 6 heteroatoms. The average molecular weight is 328 g/mol. The molecule has 2 rings (SSSR count). The number of hydrogen-bond donors (Lipinski definition) is 1. The Balaban J connectivity index is 0.00000180. The molecule has 2 N–H and O–H groups in total. The van der Waals surface area contributed by atoms with Gasteiger partial charge in [0.05, 0.1) is 10.0 Å². The minimum absolute atomic E-state index is 0. The minimum Gasteiger partial charge on any atom is -0.330 e. The van der Waals surface area contributed by atoms with Gasteiger partial charge < -0.3 is 5.73 Å². The van der Waals surface area contributed by atoms with Gasteiger partial charge in [0.2, 0.25) is 0 Å². The molecular weight excluding hydrogens is 310 g/mol. The third-order valence-electron chi connectivity index (χ3n) is 3.55. The lowest BCUT2D eigenvalue weighted by atomic mass is 9.97. The number of hydrogen-bond acceptors (Lipinski definition) is 2. The van der Waals surface area contributed by atoms with E-state index in [4.69, 9.17) is 28.9 Å². The summed E-state index contributed by atoms with van der Waals surface area (Å²) in [6.07, 6.45) is 2.23. The Bertz CT molecular complexity index is 421. The molecule has 0 atom stereocenters. The molecule has 1 aromatic carbocycles. The largest absolute Gasteiger partial charge is 0.330 e. The zero-order valence-electron chi connectivity index (χ0n) is 10.5. The summed E-state index contributed by atoms with van der Waals surface area (Å²) in [5.74, 6) is 0.167. The first-order valence-corrected chi connectivity index (χ1v) is 6.92. The maximum atomic E-state index is 13.2. The first-order valence-electron chi connectivity index (χ1n) is 6.16. The van der Waals surface area contributed by atoms with Gasteiger partial charge >= 0.3 is 0 Å². The van der Waals surface area contributed by atoms with Crippen molar-refractivity contribution in [1.82, 2.24) is 4.90 Å². The molecule has 1 aromatic rings. The Kier molecular flexibility index (Phi) is 6.84. The van der Waals surface area contributed by atoms with Crippen LogP contribution >= 0.6 is 35.6 Å². The summed E-state index contributed by atoms with van der Waals surface area (Å²) in [7, 11) is 0. The lowest BCUT2D eigenvalue weighted by Gasteiger charge is -2.31. The van der Waals surface area contributed by atoms with Gasteiger partial charge in [0.1, 0.15) is 5.82 Å². The summed E-state index contributed by atoms with van der Waals surface area (Å²) >= 11 is 11.9. The highest BCUT2D eigenvalue weighted by Crippen LogP contribution is 2.30. The number of nitrogens with zero attached hydrogens (tertiary/aromatic N) is 1. The van der Waals surface area contributed by atoms with Gasteiger partial charge in [0.15, 0.2) is 0 Å². The van der Waals surface area contributed by atoms with E-state index in [0.29, 0.717) is 10.9 Å². The molecule has 1 fully saturated rings. The molecule has 19 heavy (non-hydrogen) atoms. The van der Waals surface area contributed by atoms with Crippen molar-refractivity contribution in [3.63, 3.8) is 0 Å². The van der Waals surface area contributed by atoms with Crippen LogP contribution in [-0.2, 0) is 6.54 Å². The van der Waals surface area contributed by atoms with E-state index >= 15 is 0 Å². The normalized spacial score (nSPS) is 17.3. The molecular formula is C13H18Cl3FN2. The van der Waals surface area contributed by atoms with Crippen LogP contribution in [0.15, 0.2) is 12.1 Å². The fourth-order valence-corrected chi connectivity index (χ4v) is 2.71. The van der Waals surface area contributed by atoms with Gasteiger partial charge in [-0.25, -0.2) is 4.39 Å². The lowest BCUT2D eigenvalue weighted by molar-refractivity contribution is 0.180. The van der Waals surface area contributed by atoms with E-state index in [1.54, 1.807) is 6.07 Å². The van der Waals surface area contributed by atoms with Crippen molar-refractivity contribution in [3.05, 3.63) is 33.6 Å². The predicted octanol–water partition coefficient (Wildman–Crippen LogP) is 3.73. The Morgan fingerprint density at radius 1 is 1.21 bits per heavy atom. The molecule has 108 valence electrons. The highest BCUT2D eigenvalue weighted by Gasteiger charge is 2.19. The second-order valence-electron chi connectivity index (χ2n) is 4.79. The van der Waals surface area contributed by atoms with E-state index in [1.165, 1.54) is 6.07 Å². The van der Waals surface area contributed by atoms with Crippen LogP contribution in [0.25, 0.3) is 0 Å². The summed E-state index contributed by atoms with van der Waals surface area (Å²) in [4.78, 5) is 2.31. The number of nitrogens with two attached hydrogens (primary N) is 1. The smallest absolute Gasteiger partial charge is 0.143 e. The van der Waals surface area contributed by atoms with E-state index in [9.17, 15) is 4.39 Å². The topological polar surface area (TPSA) is 29.3 Å². The second-order valence-corrected chi connectivity index (χ2v) is 5.55. The highest BCUT2D eigenvalue weighted by atomic mass is 35.5. The third kappa shape index (κ3) is 4.20. The average Bonchev–Trinajstić information content (AvgIpc) is 2.40. The summed E-state index contributed by atoms with van der Waals surface area (Å²) in [5, 5.41) is 0.351. The van der Waals surface area contributed by atoms with E-state index < -0.39 is 5.82 Å². The number of piperidine rings is 1. The van der Waals surface area contributed by atoms with Gasteiger partial charge in [0, 0.05) is 6.54 Å². The van der Waals surface area contributed by atoms with Crippen LogP contribution in [0.2, 0.25) is 10.0 Å². The Hall–Kier alpha value is -0.0600. The Morgan fingerprint density at radius 3 is 2.42 bits per heavy atom. The maximum Gasteiger partial charge on any atom is 0.143 e. The second kappa shape index (κ2) is 7.65. The monoisotopic (exact) mass is 326 g/mol. The number of halogens is 4. The van der Waals surface area contributed by atoms with Gasteiger partial charge in [-0.2, -0.15) is 0 Å². The van der Waals surface area contributed by atoms with Crippen molar-refractivity contribution >= 4 is 35.6 Å². The summed E-state index contributed by atoms with van der Waals surface area (Å²) in [6.45, 7) is 3.49. The Labute approximate surface area is 129 Å². The van der Waals surface area contributed by atoms with Crippen molar-refractivity contribution in [2.45, 2.75) is 19.4 Å². The van der Waals surface area contributed by atoms with Crippen molar-refractivity contribution in [2.24, 2.45) is 11.7 Å². The van der Waals surface area contributed by atoms with Crippen LogP contribution < -0.4 is 5.73 Å². The molecule has 0 saturated carbocycles. The fourth-order valence-electron chi connectivity index (χ4n) is 2.31. The molecule has 1 saturated heterocycles. The molecule has 0 spiro atoms. The summed E-state index contributed by atoms with van der Waals surface area (Å²) in [6, 6.07) is 3.08. The van der Waals surface area contributed by atoms with E-state index in [-0.39, 0.29) is 17.4 Å². The molecule has 2 nitrogen and oxygen atoms in total. The zero-order chi connectivity index (χ0) is 13.1. The van der Waals surface area contributed by atoms with E-state index in [2.05, 4.69) is 4.90 Å². The highest BCUT2D eigenvalue weighted by molar-refractivity contribution is 6.42. The molecule has 0 aliphatic carbocycles. The third-order valence-corrected chi connectivity index (χ3v) is 4.45. The van der Waals surface area contributed by atoms with E-state index in [1.807, 2.05) is 0 Å². The van der Waals surface area contributed by atoms with Crippen LogP contribution in [0.4, 0.5) is 4.39 Å². The van der Waals surface area contributed by atoms with Gasteiger partial charge in [-0.15, -0.1) is 12.4 Å². The first-order chi connectivity index (χ1) is 8.61. The summed E-state index contributed by atoms with van der Waals surface area (Å²) in [5.41, 5.74) is 6.55.